The van der Waals surface area contributed by atoms with Crippen molar-refractivity contribution in [2.45, 2.75) is 19.8 Å². The van der Waals surface area contributed by atoms with Gasteiger partial charge in [-0.1, -0.05) is 0 Å². The van der Waals surface area contributed by atoms with E-state index >= 15 is 0 Å². The SMILES string of the molecule is Cc1cc2cc(Nc3ccnc4cc(C(=O)N5CCCC5)sc34)ccc2[nH]1. The fourth-order valence-electron chi connectivity index (χ4n) is 3.73. The highest BCUT2D eigenvalue weighted by atomic mass is 32.1. The van der Waals surface area contributed by atoms with Crippen molar-refractivity contribution in [2.24, 2.45) is 0 Å². The van der Waals surface area contributed by atoms with Gasteiger partial charge in [-0.05, 0) is 56.2 Å². The number of amides is 1. The average Bonchev–Trinajstić information content (AvgIpc) is 3.39. The number of aryl methyl sites for hydroxylation is 1. The number of nitrogens with zero attached hydrogens (tertiary/aromatic N) is 2. The Bertz CT molecular complexity index is 1150. The van der Waals surface area contributed by atoms with Crippen LogP contribution in [0.2, 0.25) is 0 Å². The molecule has 4 aromatic rings. The monoisotopic (exact) mass is 376 g/mol. The average molecular weight is 376 g/mol. The van der Waals surface area contributed by atoms with Crippen molar-refractivity contribution in [2.75, 3.05) is 18.4 Å². The van der Waals surface area contributed by atoms with Gasteiger partial charge in [0, 0.05) is 41.6 Å². The summed E-state index contributed by atoms with van der Waals surface area (Å²) in [6.45, 7) is 3.79. The molecule has 0 atom stereocenters. The molecule has 4 heterocycles. The summed E-state index contributed by atoms with van der Waals surface area (Å²) < 4.78 is 1.02. The Morgan fingerprint density at radius 1 is 1.19 bits per heavy atom. The lowest BCUT2D eigenvalue weighted by molar-refractivity contribution is 0.0797. The number of fused-ring (bicyclic) bond motifs is 2. The third kappa shape index (κ3) is 2.96. The van der Waals surface area contributed by atoms with Crippen LogP contribution in [0.4, 0.5) is 11.4 Å². The first-order valence-electron chi connectivity index (χ1n) is 9.21. The minimum atomic E-state index is 0.130. The van der Waals surface area contributed by atoms with Gasteiger partial charge in [0.1, 0.15) is 0 Å². The van der Waals surface area contributed by atoms with Gasteiger partial charge in [-0.15, -0.1) is 11.3 Å². The zero-order valence-electron chi connectivity index (χ0n) is 15.1. The maximum absolute atomic E-state index is 12.7. The molecule has 6 heteroatoms. The summed E-state index contributed by atoms with van der Waals surface area (Å²) in [4.78, 5) is 23.2. The van der Waals surface area contributed by atoms with Gasteiger partial charge in [0.15, 0.2) is 0 Å². The lowest BCUT2D eigenvalue weighted by atomic mass is 10.2. The lowest BCUT2D eigenvalue weighted by Gasteiger charge is -2.13. The molecule has 0 bridgehead atoms. The minimum Gasteiger partial charge on any atom is -0.359 e. The summed E-state index contributed by atoms with van der Waals surface area (Å²) in [7, 11) is 0. The van der Waals surface area contributed by atoms with Crippen LogP contribution in [0.15, 0.2) is 42.6 Å². The molecule has 1 aliphatic heterocycles. The molecule has 0 spiro atoms. The van der Waals surface area contributed by atoms with Crippen LogP contribution in [-0.2, 0) is 0 Å². The molecular weight excluding hydrogens is 356 g/mol. The number of likely N-dealkylation sites (tertiary alicyclic amines) is 1. The zero-order chi connectivity index (χ0) is 18.4. The Labute approximate surface area is 161 Å². The van der Waals surface area contributed by atoms with Gasteiger partial charge < -0.3 is 15.2 Å². The van der Waals surface area contributed by atoms with E-state index in [1.807, 2.05) is 17.0 Å². The van der Waals surface area contributed by atoms with E-state index in [-0.39, 0.29) is 5.91 Å². The van der Waals surface area contributed by atoms with Gasteiger partial charge in [0.05, 0.1) is 20.8 Å². The standard InChI is InChI=1S/C21H20N4OS/c1-13-10-14-11-15(4-5-16(14)23-13)24-17-6-7-22-18-12-19(27-20(17)18)21(26)25-8-2-3-9-25/h4-7,10-12,23H,2-3,8-9H2,1H3,(H,22,24). The van der Waals surface area contributed by atoms with E-state index < -0.39 is 0 Å². The number of rotatable bonds is 3. The second kappa shape index (κ2) is 6.39. The molecule has 2 N–H and O–H groups in total. The summed E-state index contributed by atoms with van der Waals surface area (Å²) >= 11 is 1.52. The number of anilines is 2. The molecule has 136 valence electrons. The fraction of sp³-hybridized carbons (Fsp3) is 0.238. The lowest BCUT2D eigenvalue weighted by Crippen LogP contribution is -2.26. The van der Waals surface area contributed by atoms with E-state index in [4.69, 9.17) is 0 Å². The van der Waals surface area contributed by atoms with E-state index in [9.17, 15) is 4.79 Å². The molecule has 1 amide bonds. The predicted octanol–water partition coefficient (Wildman–Crippen LogP) is 5.07. The van der Waals surface area contributed by atoms with Gasteiger partial charge in [0.2, 0.25) is 0 Å². The highest BCUT2D eigenvalue weighted by Gasteiger charge is 2.22. The molecule has 1 aliphatic rings. The molecule has 5 nitrogen and oxygen atoms in total. The molecule has 5 rings (SSSR count). The van der Waals surface area contributed by atoms with Crippen LogP contribution in [0.1, 0.15) is 28.2 Å². The molecule has 3 aromatic heterocycles. The van der Waals surface area contributed by atoms with E-state index in [1.54, 1.807) is 6.20 Å². The first kappa shape index (κ1) is 16.3. The van der Waals surface area contributed by atoms with E-state index in [0.717, 1.165) is 63.6 Å². The van der Waals surface area contributed by atoms with E-state index in [1.165, 1.54) is 16.7 Å². The highest BCUT2D eigenvalue weighted by molar-refractivity contribution is 7.21. The third-order valence-electron chi connectivity index (χ3n) is 5.05. The van der Waals surface area contributed by atoms with E-state index in [2.05, 4.69) is 46.5 Å². The number of nitrogens with one attached hydrogen (secondary N) is 2. The van der Waals surface area contributed by atoms with Crippen LogP contribution in [0.5, 0.6) is 0 Å². The molecule has 27 heavy (non-hydrogen) atoms. The van der Waals surface area contributed by atoms with E-state index in [0.29, 0.717) is 0 Å². The molecule has 1 fully saturated rings. The smallest absolute Gasteiger partial charge is 0.264 e. The minimum absolute atomic E-state index is 0.130. The van der Waals surface area contributed by atoms with Crippen LogP contribution in [-0.4, -0.2) is 33.9 Å². The van der Waals surface area contributed by atoms with Crippen molar-refractivity contribution >= 4 is 49.7 Å². The number of carbonyl (C=O) groups is 1. The Morgan fingerprint density at radius 2 is 2.04 bits per heavy atom. The molecule has 1 saturated heterocycles. The summed E-state index contributed by atoms with van der Waals surface area (Å²) in [5, 5.41) is 4.68. The maximum atomic E-state index is 12.7. The van der Waals surface area contributed by atoms with Crippen molar-refractivity contribution in [3.8, 4) is 0 Å². The second-order valence-electron chi connectivity index (χ2n) is 7.06. The van der Waals surface area contributed by atoms with Gasteiger partial charge in [0.25, 0.3) is 5.91 Å². The van der Waals surface area contributed by atoms with Gasteiger partial charge in [-0.25, -0.2) is 0 Å². The third-order valence-corrected chi connectivity index (χ3v) is 6.20. The number of benzene rings is 1. The fourth-order valence-corrected chi connectivity index (χ4v) is 4.78. The van der Waals surface area contributed by atoms with Gasteiger partial charge >= 0.3 is 0 Å². The zero-order valence-corrected chi connectivity index (χ0v) is 15.9. The van der Waals surface area contributed by atoms with Crippen LogP contribution >= 0.6 is 11.3 Å². The van der Waals surface area contributed by atoms with Crippen molar-refractivity contribution in [3.05, 3.63) is 53.2 Å². The molecule has 0 saturated carbocycles. The molecule has 0 unspecified atom stereocenters. The molecule has 1 aromatic carbocycles. The molecule has 0 radical (unpaired) electrons. The number of hydrogen-bond acceptors (Lipinski definition) is 4. The van der Waals surface area contributed by atoms with Crippen molar-refractivity contribution in [3.63, 3.8) is 0 Å². The maximum Gasteiger partial charge on any atom is 0.264 e. The van der Waals surface area contributed by atoms with Crippen LogP contribution in [0.25, 0.3) is 21.1 Å². The van der Waals surface area contributed by atoms with Crippen LogP contribution in [0.3, 0.4) is 0 Å². The number of H-pyrrole nitrogens is 1. The van der Waals surface area contributed by atoms with Gasteiger partial charge in [-0.3, -0.25) is 9.78 Å². The predicted molar refractivity (Wildman–Crippen MR) is 111 cm³/mol. The van der Waals surface area contributed by atoms with Crippen molar-refractivity contribution < 1.29 is 4.79 Å². The number of pyridine rings is 1. The number of carbonyl (C=O) groups excluding carboxylic acids is 1. The van der Waals surface area contributed by atoms with Crippen LogP contribution in [0, 0.1) is 6.92 Å². The molecule has 0 aliphatic carbocycles. The highest BCUT2D eigenvalue weighted by Crippen LogP contribution is 2.34. The number of thiophene rings is 1. The first-order valence-corrected chi connectivity index (χ1v) is 10.0. The number of aromatic nitrogens is 2. The topological polar surface area (TPSA) is 61.0 Å². The number of aromatic amines is 1. The normalized spacial score (nSPS) is 14.3. The van der Waals surface area contributed by atoms with Crippen molar-refractivity contribution in [1.82, 2.24) is 14.9 Å². The van der Waals surface area contributed by atoms with Gasteiger partial charge in [-0.2, -0.15) is 0 Å². The van der Waals surface area contributed by atoms with Crippen molar-refractivity contribution in [1.29, 1.82) is 0 Å². The first-order chi connectivity index (χ1) is 13.2. The Hall–Kier alpha value is -2.86. The molecular formula is C21H20N4OS. The summed E-state index contributed by atoms with van der Waals surface area (Å²) in [6.07, 6.45) is 3.99. The summed E-state index contributed by atoms with van der Waals surface area (Å²) in [5.41, 5.74) is 5.15. The van der Waals surface area contributed by atoms with Crippen LogP contribution < -0.4 is 5.32 Å². The number of hydrogen-bond donors (Lipinski definition) is 2. The summed E-state index contributed by atoms with van der Waals surface area (Å²) in [5.74, 6) is 0.130. The quantitative estimate of drug-likeness (QED) is 0.525. The Balaban J connectivity index is 1.49. The largest absolute Gasteiger partial charge is 0.359 e. The Morgan fingerprint density at radius 3 is 2.89 bits per heavy atom. The Kier molecular flexibility index (Phi) is 3.86. The summed E-state index contributed by atoms with van der Waals surface area (Å²) in [6, 6.07) is 12.3. The second-order valence-corrected chi connectivity index (χ2v) is 8.11.